The largest absolute Gasteiger partial charge is 0.385 e. The Morgan fingerprint density at radius 1 is 0.465 bits per heavy atom. The molecule has 0 unspecified atom stereocenters. The Labute approximate surface area is 264 Å². The van der Waals surface area contributed by atoms with Crippen LogP contribution in [0, 0.1) is 0 Å². The Kier molecular flexibility index (Phi) is 19.4. The van der Waals surface area contributed by atoms with Crippen molar-refractivity contribution in [3.05, 3.63) is 59.7 Å². The van der Waals surface area contributed by atoms with Crippen LogP contribution in [0.2, 0.25) is 0 Å². The highest BCUT2D eigenvalue weighted by Crippen LogP contribution is 2.27. The van der Waals surface area contributed by atoms with Crippen molar-refractivity contribution in [2.75, 3.05) is 26.9 Å². The molecule has 240 valence electrons. The molecule has 0 aromatic heterocycles. The van der Waals surface area contributed by atoms with E-state index < -0.39 is 0 Å². The van der Waals surface area contributed by atoms with Crippen molar-refractivity contribution in [1.29, 1.82) is 0 Å². The second kappa shape index (κ2) is 23.4. The second-order valence-corrected chi connectivity index (χ2v) is 12.6. The van der Waals surface area contributed by atoms with Gasteiger partial charge in [0.1, 0.15) is 0 Å². The highest BCUT2D eigenvalue weighted by atomic mass is 16.5. The summed E-state index contributed by atoms with van der Waals surface area (Å²) in [6.07, 6.45) is 25.3. The summed E-state index contributed by atoms with van der Waals surface area (Å²) >= 11 is 0. The number of hydrogen-bond acceptors (Lipinski definition) is 3. The number of benzene rings is 3. The zero-order chi connectivity index (χ0) is 30.2. The standard InChI is InChI=1S/C40H62O3/c1-3-4-5-6-7-10-14-18-21-29-43-34-38-24-22-23-37-31-39-30-35(25-26-36(39)32-40(37)38)33-42-28-20-17-15-12-9-8-11-13-16-19-27-41-2/h22-26,30-32H,3-21,27-29,33-34H2,1-2H3. The number of ether oxygens (including phenoxy) is 3. The number of hydrogen-bond donors (Lipinski definition) is 0. The molecule has 0 saturated carbocycles. The van der Waals surface area contributed by atoms with Gasteiger partial charge in [0.25, 0.3) is 0 Å². The van der Waals surface area contributed by atoms with Gasteiger partial charge in [-0.05, 0) is 70.1 Å². The van der Waals surface area contributed by atoms with Crippen molar-refractivity contribution in [1.82, 2.24) is 0 Å². The molecule has 0 spiro atoms. The van der Waals surface area contributed by atoms with Gasteiger partial charge in [-0.3, -0.25) is 0 Å². The summed E-state index contributed by atoms with van der Waals surface area (Å²) in [7, 11) is 1.79. The minimum absolute atomic E-state index is 0.696. The van der Waals surface area contributed by atoms with Gasteiger partial charge in [0, 0.05) is 26.9 Å². The Bertz CT molecular complexity index is 1110. The number of methoxy groups -OCH3 is 1. The van der Waals surface area contributed by atoms with E-state index in [-0.39, 0.29) is 0 Å². The quantitative estimate of drug-likeness (QED) is 0.0653. The third-order valence-corrected chi connectivity index (χ3v) is 8.80. The van der Waals surface area contributed by atoms with E-state index in [0.29, 0.717) is 13.2 Å². The summed E-state index contributed by atoms with van der Waals surface area (Å²) in [5.74, 6) is 0. The Balaban J connectivity index is 1.30. The molecule has 0 aliphatic rings. The molecule has 3 rings (SSSR count). The summed E-state index contributed by atoms with van der Waals surface area (Å²) in [5, 5.41) is 5.19. The molecule has 0 heterocycles. The first kappa shape index (κ1) is 35.5. The van der Waals surface area contributed by atoms with E-state index >= 15 is 0 Å². The third kappa shape index (κ3) is 15.1. The molecule has 43 heavy (non-hydrogen) atoms. The van der Waals surface area contributed by atoms with Crippen LogP contribution < -0.4 is 0 Å². The van der Waals surface area contributed by atoms with Gasteiger partial charge in [0.15, 0.2) is 0 Å². The smallest absolute Gasteiger partial charge is 0.0722 e. The Hall–Kier alpha value is -1.94. The van der Waals surface area contributed by atoms with Gasteiger partial charge in [-0.1, -0.05) is 140 Å². The summed E-state index contributed by atoms with van der Waals surface area (Å²) in [6.45, 7) is 6.31. The fourth-order valence-corrected chi connectivity index (χ4v) is 6.11. The Morgan fingerprint density at radius 3 is 1.63 bits per heavy atom. The van der Waals surface area contributed by atoms with Crippen molar-refractivity contribution in [3.8, 4) is 0 Å². The van der Waals surface area contributed by atoms with Crippen LogP contribution in [0.1, 0.15) is 140 Å². The molecule has 0 aliphatic heterocycles. The predicted molar refractivity (Wildman–Crippen MR) is 186 cm³/mol. The lowest BCUT2D eigenvalue weighted by Crippen LogP contribution is -1.97. The van der Waals surface area contributed by atoms with Gasteiger partial charge in [0.2, 0.25) is 0 Å². The minimum atomic E-state index is 0.696. The first-order valence-electron chi connectivity index (χ1n) is 17.9. The van der Waals surface area contributed by atoms with E-state index in [1.807, 2.05) is 0 Å². The van der Waals surface area contributed by atoms with E-state index in [1.165, 1.54) is 155 Å². The van der Waals surface area contributed by atoms with Crippen LogP contribution >= 0.6 is 0 Å². The van der Waals surface area contributed by atoms with Crippen molar-refractivity contribution >= 4 is 21.5 Å². The molecule has 0 bridgehead atoms. The van der Waals surface area contributed by atoms with Gasteiger partial charge in [0.05, 0.1) is 13.2 Å². The van der Waals surface area contributed by atoms with Crippen molar-refractivity contribution in [2.24, 2.45) is 0 Å². The van der Waals surface area contributed by atoms with Gasteiger partial charge < -0.3 is 14.2 Å². The highest BCUT2D eigenvalue weighted by Gasteiger charge is 2.05. The van der Waals surface area contributed by atoms with Crippen molar-refractivity contribution < 1.29 is 14.2 Å². The number of unbranched alkanes of at least 4 members (excludes halogenated alkanes) is 17. The van der Waals surface area contributed by atoms with E-state index in [4.69, 9.17) is 14.2 Å². The minimum Gasteiger partial charge on any atom is -0.385 e. The molecule has 0 saturated heterocycles. The van der Waals surface area contributed by atoms with Crippen LogP contribution in [0.5, 0.6) is 0 Å². The molecular formula is C40H62O3. The molecule has 0 fully saturated rings. The first-order valence-corrected chi connectivity index (χ1v) is 17.9. The predicted octanol–water partition coefficient (Wildman–Crippen LogP) is 12.1. The fraction of sp³-hybridized carbons (Fsp3) is 0.650. The normalized spacial score (nSPS) is 11.7. The molecule has 0 N–H and O–H groups in total. The van der Waals surface area contributed by atoms with E-state index in [2.05, 4.69) is 55.5 Å². The summed E-state index contributed by atoms with van der Waals surface area (Å²) in [4.78, 5) is 0. The van der Waals surface area contributed by atoms with Crippen LogP contribution in [0.15, 0.2) is 48.5 Å². The van der Waals surface area contributed by atoms with Crippen molar-refractivity contribution in [3.63, 3.8) is 0 Å². The number of rotatable bonds is 27. The lowest BCUT2D eigenvalue weighted by molar-refractivity contribution is 0.117. The third-order valence-electron chi connectivity index (χ3n) is 8.80. The number of fused-ring (bicyclic) bond motifs is 2. The molecule has 3 aromatic rings. The highest BCUT2D eigenvalue weighted by molar-refractivity contribution is 5.99. The molecule has 3 nitrogen and oxygen atoms in total. The van der Waals surface area contributed by atoms with E-state index in [1.54, 1.807) is 7.11 Å². The van der Waals surface area contributed by atoms with E-state index in [9.17, 15) is 0 Å². The van der Waals surface area contributed by atoms with E-state index in [0.717, 1.165) is 19.8 Å². The maximum Gasteiger partial charge on any atom is 0.0722 e. The molecule has 3 heteroatoms. The van der Waals surface area contributed by atoms with Crippen LogP contribution in [-0.4, -0.2) is 26.9 Å². The maximum atomic E-state index is 6.11. The van der Waals surface area contributed by atoms with Gasteiger partial charge in [-0.25, -0.2) is 0 Å². The van der Waals surface area contributed by atoms with Gasteiger partial charge in [-0.15, -0.1) is 0 Å². The van der Waals surface area contributed by atoms with Crippen LogP contribution in [0.25, 0.3) is 21.5 Å². The molecule has 0 atom stereocenters. The fourth-order valence-electron chi connectivity index (χ4n) is 6.11. The van der Waals surface area contributed by atoms with Crippen molar-refractivity contribution in [2.45, 2.75) is 142 Å². The average Bonchev–Trinajstić information content (AvgIpc) is 3.03. The SMILES string of the molecule is CCCCCCCCCCCOCc1cccc2cc3cc(COCCCCCCCCCCCCOC)ccc3cc12. The Morgan fingerprint density at radius 2 is 1.02 bits per heavy atom. The summed E-state index contributed by atoms with van der Waals surface area (Å²) in [5.41, 5.74) is 2.55. The first-order chi connectivity index (χ1) is 21.3. The van der Waals surface area contributed by atoms with Crippen LogP contribution in [-0.2, 0) is 27.4 Å². The lowest BCUT2D eigenvalue weighted by atomic mass is 9.99. The monoisotopic (exact) mass is 590 g/mol. The topological polar surface area (TPSA) is 27.7 Å². The maximum absolute atomic E-state index is 6.11. The lowest BCUT2D eigenvalue weighted by Gasteiger charge is -2.11. The summed E-state index contributed by atoms with van der Waals surface area (Å²) < 4.78 is 17.3. The van der Waals surface area contributed by atoms with Crippen LogP contribution in [0.3, 0.4) is 0 Å². The molecule has 0 amide bonds. The molecule has 3 aromatic carbocycles. The second-order valence-electron chi connectivity index (χ2n) is 12.6. The molecular weight excluding hydrogens is 528 g/mol. The molecule has 0 radical (unpaired) electrons. The van der Waals surface area contributed by atoms with Gasteiger partial charge in [-0.2, -0.15) is 0 Å². The van der Waals surface area contributed by atoms with Crippen LogP contribution in [0.4, 0.5) is 0 Å². The zero-order valence-electron chi connectivity index (χ0n) is 27.8. The zero-order valence-corrected chi connectivity index (χ0v) is 27.8. The molecule has 0 aliphatic carbocycles. The van der Waals surface area contributed by atoms with Gasteiger partial charge >= 0.3 is 0 Å². The average molecular weight is 591 g/mol. The summed E-state index contributed by atoms with van der Waals surface area (Å²) in [6, 6.07) is 18.1.